The first kappa shape index (κ1) is 43.3. The molecule has 0 amide bonds. The molecule has 6 aromatic carbocycles. The highest BCUT2D eigenvalue weighted by Crippen LogP contribution is 2.40. The molecular weight excluding hydrogens is 769 g/mol. The van der Waals surface area contributed by atoms with Gasteiger partial charge in [0, 0.05) is 45.0 Å². The normalized spacial score (nSPS) is 12.5. The van der Waals surface area contributed by atoms with Crippen molar-refractivity contribution in [3.63, 3.8) is 0 Å². The van der Waals surface area contributed by atoms with E-state index in [1.165, 1.54) is 62.5 Å². The van der Waals surface area contributed by atoms with Crippen LogP contribution < -0.4 is 22.1 Å². The van der Waals surface area contributed by atoms with Gasteiger partial charge < -0.3 is 22.1 Å². The van der Waals surface area contributed by atoms with Crippen molar-refractivity contribution in [2.45, 2.75) is 91.9 Å². The Bertz CT molecular complexity index is 2520. The second-order valence-electron chi connectivity index (χ2n) is 16.5. The predicted octanol–water partition coefficient (Wildman–Crippen LogP) is 12.4. The second-order valence-corrected chi connectivity index (χ2v) is 16.5. The molecule has 0 saturated heterocycles. The average molecular weight is 825 g/mol. The van der Waals surface area contributed by atoms with Gasteiger partial charge >= 0.3 is 0 Å². The molecule has 62 heavy (non-hydrogen) atoms. The lowest BCUT2D eigenvalue weighted by Crippen LogP contribution is -2.23. The number of aryl methyl sites for hydroxylation is 4. The number of benzene rings is 6. The molecule has 0 atom stereocenters. The van der Waals surface area contributed by atoms with Crippen molar-refractivity contribution in [2.75, 3.05) is 22.1 Å². The summed E-state index contributed by atoms with van der Waals surface area (Å²) in [6, 6.07) is 33.8. The van der Waals surface area contributed by atoms with Gasteiger partial charge in [-0.25, -0.2) is 0 Å². The summed E-state index contributed by atoms with van der Waals surface area (Å²) in [4.78, 5) is 52.7. The first-order chi connectivity index (χ1) is 30.0. The maximum Gasteiger partial charge on any atom is 0.196 e. The van der Waals surface area contributed by atoms with E-state index >= 15 is 0 Å². The van der Waals surface area contributed by atoms with Gasteiger partial charge in [-0.05, 0) is 98.2 Å². The van der Waals surface area contributed by atoms with Gasteiger partial charge in [0.1, 0.15) is 0 Å². The first-order valence-electron chi connectivity index (χ1n) is 22.0. The molecule has 0 aliphatic heterocycles. The molecule has 8 heteroatoms. The molecule has 8 nitrogen and oxygen atoms in total. The number of nitrogen functional groups attached to an aromatic ring is 2. The van der Waals surface area contributed by atoms with Gasteiger partial charge in [0.25, 0.3) is 0 Å². The quantitative estimate of drug-likeness (QED) is 0.0626. The fraction of sp³-hybridized carbons (Fsp3) is 0.259. The SMILES string of the molecule is CCCCCCc1ccc(Nc2ccc(Nc3ccc(CCCCCC)cc3C)c3c2C(=O)c2ccccc2C3=O)c(C)c1.Nc1ccc(N)c2c1C(=O)c1ccccc1C2=O. The molecule has 0 unspecified atom stereocenters. The van der Waals surface area contributed by atoms with E-state index in [0.717, 1.165) is 35.3 Å². The number of rotatable bonds is 14. The Kier molecular flexibility index (Phi) is 13.5. The zero-order valence-corrected chi connectivity index (χ0v) is 36.3. The van der Waals surface area contributed by atoms with Crippen LogP contribution in [0.3, 0.4) is 0 Å². The Labute approximate surface area is 365 Å². The van der Waals surface area contributed by atoms with Crippen molar-refractivity contribution < 1.29 is 19.2 Å². The number of unbranched alkanes of at least 4 members (excludes halogenated alkanes) is 6. The van der Waals surface area contributed by atoms with Crippen LogP contribution in [0.1, 0.15) is 151 Å². The van der Waals surface area contributed by atoms with E-state index in [2.05, 4.69) is 74.7 Å². The van der Waals surface area contributed by atoms with Crippen LogP contribution in [0.15, 0.2) is 109 Å². The number of anilines is 6. The lowest BCUT2D eigenvalue weighted by Gasteiger charge is -2.25. The molecule has 2 aliphatic carbocycles. The van der Waals surface area contributed by atoms with Crippen LogP contribution in [0.2, 0.25) is 0 Å². The Hall–Kier alpha value is -6.80. The zero-order chi connectivity index (χ0) is 43.9. The molecule has 0 saturated carbocycles. The van der Waals surface area contributed by atoms with Crippen molar-refractivity contribution in [1.82, 2.24) is 0 Å². The molecule has 0 aromatic heterocycles. The largest absolute Gasteiger partial charge is 0.398 e. The number of ketones is 4. The number of nitrogens with one attached hydrogen (secondary N) is 2. The standard InChI is InChI=1S/C40H46N2O2.C14H10N2O2/c1-5-7-9-11-15-29-19-21-33(27(3)25-29)41-35-23-24-36(38-37(35)39(43)31-17-13-14-18-32(31)40(38)44)42-34-22-20-30(26-28(34)4)16-12-10-8-6-2;15-9-5-6-10(16)12-11(9)13(17)7-3-1-2-4-8(7)14(12)18/h13-14,17-26,41-42H,5-12,15-16H2,1-4H3;1-6H,15-16H2. The van der Waals surface area contributed by atoms with Gasteiger partial charge in [0.05, 0.1) is 33.6 Å². The van der Waals surface area contributed by atoms with Gasteiger partial charge in [-0.15, -0.1) is 0 Å². The monoisotopic (exact) mass is 824 g/mol. The second kappa shape index (κ2) is 19.3. The average Bonchev–Trinajstić information content (AvgIpc) is 3.28. The smallest absolute Gasteiger partial charge is 0.196 e. The Morgan fingerprint density at radius 2 is 0.742 bits per heavy atom. The minimum absolute atomic E-state index is 0.134. The van der Waals surface area contributed by atoms with E-state index in [1.807, 2.05) is 24.3 Å². The maximum absolute atomic E-state index is 14.0. The van der Waals surface area contributed by atoms with E-state index in [0.29, 0.717) is 44.8 Å². The number of hydrogen-bond donors (Lipinski definition) is 4. The van der Waals surface area contributed by atoms with E-state index in [1.54, 1.807) is 48.5 Å². The first-order valence-corrected chi connectivity index (χ1v) is 22.0. The highest BCUT2D eigenvalue weighted by Gasteiger charge is 2.35. The van der Waals surface area contributed by atoms with Crippen LogP contribution in [-0.4, -0.2) is 23.1 Å². The highest BCUT2D eigenvalue weighted by atomic mass is 16.1. The minimum Gasteiger partial charge on any atom is -0.398 e. The summed E-state index contributed by atoms with van der Waals surface area (Å²) in [7, 11) is 0. The maximum atomic E-state index is 14.0. The van der Waals surface area contributed by atoms with Gasteiger partial charge in [0.2, 0.25) is 0 Å². The zero-order valence-electron chi connectivity index (χ0n) is 36.3. The number of carbonyl (C=O) groups excluding carboxylic acids is 4. The summed E-state index contributed by atoms with van der Waals surface area (Å²) in [5.41, 5.74) is 23.2. The Balaban J connectivity index is 0.000000265. The third-order valence-corrected chi connectivity index (χ3v) is 12.0. The molecule has 6 aromatic rings. The van der Waals surface area contributed by atoms with Gasteiger partial charge in [-0.3, -0.25) is 19.2 Å². The summed E-state index contributed by atoms with van der Waals surface area (Å²) in [6.45, 7) is 8.66. The summed E-state index contributed by atoms with van der Waals surface area (Å²) in [6.07, 6.45) is 12.0. The van der Waals surface area contributed by atoms with Crippen LogP contribution >= 0.6 is 0 Å². The molecule has 0 heterocycles. The predicted molar refractivity (Wildman–Crippen MR) is 253 cm³/mol. The fourth-order valence-electron chi connectivity index (χ4n) is 8.55. The van der Waals surface area contributed by atoms with E-state index < -0.39 is 0 Å². The molecule has 8 rings (SSSR count). The summed E-state index contributed by atoms with van der Waals surface area (Å²) < 4.78 is 0. The van der Waals surface area contributed by atoms with Crippen molar-refractivity contribution >= 4 is 57.3 Å². The molecule has 0 bridgehead atoms. The van der Waals surface area contributed by atoms with Crippen LogP contribution in [0, 0.1) is 13.8 Å². The number of carbonyl (C=O) groups is 4. The fourth-order valence-corrected chi connectivity index (χ4v) is 8.55. The lowest BCUT2D eigenvalue weighted by atomic mass is 9.82. The molecule has 316 valence electrons. The highest BCUT2D eigenvalue weighted by molar-refractivity contribution is 6.33. The van der Waals surface area contributed by atoms with Crippen molar-refractivity contribution in [3.8, 4) is 0 Å². The molecular formula is C54H56N4O4. The summed E-state index contributed by atoms with van der Waals surface area (Å²) in [5, 5.41) is 7.05. The van der Waals surface area contributed by atoms with Crippen molar-refractivity contribution in [2.24, 2.45) is 0 Å². The van der Waals surface area contributed by atoms with E-state index in [9.17, 15) is 19.2 Å². The van der Waals surface area contributed by atoms with Crippen LogP contribution in [0.5, 0.6) is 0 Å². The van der Waals surface area contributed by atoms with Gasteiger partial charge in [0.15, 0.2) is 23.1 Å². The number of nitrogens with two attached hydrogens (primary N) is 2. The molecule has 2 aliphatic rings. The van der Waals surface area contributed by atoms with Crippen LogP contribution in [0.4, 0.5) is 34.1 Å². The Morgan fingerprint density at radius 1 is 0.403 bits per heavy atom. The van der Waals surface area contributed by atoms with Crippen LogP contribution in [0.25, 0.3) is 0 Å². The number of hydrogen-bond acceptors (Lipinski definition) is 8. The van der Waals surface area contributed by atoms with Gasteiger partial charge in [-0.2, -0.15) is 0 Å². The van der Waals surface area contributed by atoms with Gasteiger partial charge in [-0.1, -0.05) is 125 Å². The van der Waals surface area contributed by atoms with Crippen molar-refractivity contribution in [3.05, 3.63) is 176 Å². The van der Waals surface area contributed by atoms with E-state index in [-0.39, 0.29) is 45.6 Å². The molecule has 6 N–H and O–H groups in total. The van der Waals surface area contributed by atoms with E-state index in [4.69, 9.17) is 11.5 Å². The molecule has 0 radical (unpaired) electrons. The minimum atomic E-state index is -0.245. The number of fused-ring (bicyclic) bond motifs is 4. The third kappa shape index (κ3) is 8.96. The van der Waals surface area contributed by atoms with Crippen molar-refractivity contribution in [1.29, 1.82) is 0 Å². The Morgan fingerprint density at radius 3 is 1.08 bits per heavy atom. The summed E-state index contributed by atoms with van der Waals surface area (Å²) in [5.74, 6) is -0.758. The van der Waals surface area contributed by atoms with Crippen LogP contribution in [-0.2, 0) is 12.8 Å². The lowest BCUT2D eigenvalue weighted by molar-refractivity contribution is 0.0980. The third-order valence-electron chi connectivity index (χ3n) is 12.0. The summed E-state index contributed by atoms with van der Waals surface area (Å²) >= 11 is 0. The topological polar surface area (TPSA) is 144 Å². The molecule has 0 spiro atoms. The molecule has 0 fully saturated rings.